The van der Waals surface area contributed by atoms with Crippen LogP contribution in [-0.2, 0) is 15.9 Å². The number of aliphatic hydroxyl groups excluding tert-OH is 1. The fourth-order valence-corrected chi connectivity index (χ4v) is 1.83. The fourth-order valence-electron chi connectivity index (χ4n) is 1.83. The molecule has 1 N–H and O–H groups in total. The number of alkyl halides is 3. The zero-order valence-corrected chi connectivity index (χ0v) is 10.6. The van der Waals surface area contributed by atoms with Gasteiger partial charge in [-0.15, -0.1) is 0 Å². The van der Waals surface area contributed by atoms with Crippen molar-refractivity contribution in [3.05, 3.63) is 11.7 Å². The maximum atomic E-state index is 11.9. The Morgan fingerprint density at radius 3 is 2.90 bits per heavy atom. The van der Waals surface area contributed by atoms with Crippen LogP contribution in [0.25, 0.3) is 0 Å². The Morgan fingerprint density at radius 2 is 2.20 bits per heavy atom. The smallest absolute Gasteiger partial charge is 0.392 e. The standard InChI is InChI=1S/C11H15F3N2O4/c12-11(13,14)6-19-4-2-9-15-10(20-16-9)7-5-18-3-1-8(7)17/h7-8,17H,1-6H2. The molecular weight excluding hydrogens is 281 g/mol. The number of ether oxygens (including phenoxy) is 2. The van der Waals surface area contributed by atoms with Gasteiger partial charge in [0.1, 0.15) is 6.61 Å². The largest absolute Gasteiger partial charge is 0.411 e. The van der Waals surface area contributed by atoms with Gasteiger partial charge in [0.05, 0.1) is 25.2 Å². The van der Waals surface area contributed by atoms with E-state index in [1.54, 1.807) is 0 Å². The zero-order chi connectivity index (χ0) is 14.6. The molecule has 9 heteroatoms. The molecule has 2 rings (SSSR count). The Labute approximate surface area is 112 Å². The van der Waals surface area contributed by atoms with Gasteiger partial charge in [-0.25, -0.2) is 0 Å². The summed E-state index contributed by atoms with van der Waals surface area (Å²) in [5.74, 6) is 0.101. The van der Waals surface area contributed by atoms with Crippen LogP contribution in [0, 0.1) is 0 Å². The molecule has 0 aromatic carbocycles. The molecule has 0 amide bonds. The van der Waals surface area contributed by atoms with Crippen molar-refractivity contribution in [2.45, 2.75) is 31.0 Å². The summed E-state index contributed by atoms with van der Waals surface area (Å²) in [4.78, 5) is 4.04. The number of aromatic nitrogens is 2. The number of hydrogen-bond acceptors (Lipinski definition) is 6. The summed E-state index contributed by atoms with van der Waals surface area (Å²) < 4.78 is 50.2. The molecular formula is C11H15F3N2O4. The lowest BCUT2D eigenvalue weighted by molar-refractivity contribution is -0.173. The molecule has 20 heavy (non-hydrogen) atoms. The van der Waals surface area contributed by atoms with Gasteiger partial charge in [0, 0.05) is 13.0 Å². The van der Waals surface area contributed by atoms with E-state index in [4.69, 9.17) is 9.26 Å². The van der Waals surface area contributed by atoms with Gasteiger partial charge in [-0.05, 0) is 6.42 Å². The SMILES string of the molecule is OC1CCOCC1c1nc(CCOCC(F)(F)F)no1. The van der Waals surface area contributed by atoms with Gasteiger partial charge >= 0.3 is 6.18 Å². The van der Waals surface area contributed by atoms with Gasteiger partial charge in [-0.3, -0.25) is 0 Å². The van der Waals surface area contributed by atoms with Crippen LogP contribution in [0.1, 0.15) is 24.1 Å². The molecule has 2 atom stereocenters. The molecule has 0 saturated carbocycles. The third kappa shape index (κ3) is 4.43. The van der Waals surface area contributed by atoms with Crippen LogP contribution in [0.15, 0.2) is 4.52 Å². The number of aliphatic hydroxyl groups is 1. The zero-order valence-electron chi connectivity index (χ0n) is 10.6. The second kappa shape index (κ2) is 6.51. The first-order valence-corrected chi connectivity index (χ1v) is 6.18. The molecule has 0 spiro atoms. The first kappa shape index (κ1) is 15.2. The van der Waals surface area contributed by atoms with E-state index in [1.165, 1.54) is 0 Å². The van der Waals surface area contributed by atoms with E-state index in [1.807, 2.05) is 0 Å². The lowest BCUT2D eigenvalue weighted by Gasteiger charge is -2.24. The average Bonchev–Trinajstić information content (AvgIpc) is 2.83. The van der Waals surface area contributed by atoms with Crippen LogP contribution < -0.4 is 0 Å². The first-order valence-electron chi connectivity index (χ1n) is 6.18. The highest BCUT2D eigenvalue weighted by Gasteiger charge is 2.30. The summed E-state index contributed by atoms with van der Waals surface area (Å²) in [7, 11) is 0. The maximum Gasteiger partial charge on any atom is 0.411 e. The summed E-state index contributed by atoms with van der Waals surface area (Å²) in [6.45, 7) is -0.688. The van der Waals surface area contributed by atoms with Gasteiger partial charge in [0.2, 0.25) is 5.89 Å². The Hall–Kier alpha value is -1.19. The quantitative estimate of drug-likeness (QED) is 0.819. The van der Waals surface area contributed by atoms with Crippen molar-refractivity contribution < 1.29 is 32.3 Å². The molecule has 2 heterocycles. The van der Waals surface area contributed by atoms with Crippen molar-refractivity contribution in [1.82, 2.24) is 10.1 Å². The van der Waals surface area contributed by atoms with E-state index in [2.05, 4.69) is 14.9 Å². The van der Waals surface area contributed by atoms with Gasteiger partial charge < -0.3 is 19.1 Å². The number of nitrogens with zero attached hydrogens (tertiary/aromatic N) is 2. The van der Waals surface area contributed by atoms with Crippen molar-refractivity contribution in [2.75, 3.05) is 26.4 Å². The van der Waals surface area contributed by atoms with E-state index in [-0.39, 0.29) is 37.3 Å². The predicted octanol–water partition coefficient (Wildman–Crippen LogP) is 1.06. The Bertz CT molecular complexity index is 424. The number of hydrogen-bond donors (Lipinski definition) is 1. The van der Waals surface area contributed by atoms with Crippen molar-refractivity contribution in [3.8, 4) is 0 Å². The van der Waals surface area contributed by atoms with Crippen molar-refractivity contribution in [1.29, 1.82) is 0 Å². The summed E-state index contributed by atoms with van der Waals surface area (Å²) in [6, 6.07) is 0. The minimum absolute atomic E-state index is 0.114. The van der Waals surface area contributed by atoms with Gasteiger partial charge in [0.25, 0.3) is 0 Å². The monoisotopic (exact) mass is 296 g/mol. The lowest BCUT2D eigenvalue weighted by atomic mass is 9.99. The molecule has 1 aliphatic rings. The van der Waals surface area contributed by atoms with Crippen LogP contribution in [0.3, 0.4) is 0 Å². The summed E-state index contributed by atoms with van der Waals surface area (Å²) in [5.41, 5.74) is 0. The molecule has 2 unspecified atom stereocenters. The van der Waals surface area contributed by atoms with Crippen LogP contribution in [0.4, 0.5) is 13.2 Å². The van der Waals surface area contributed by atoms with Gasteiger partial charge in [-0.2, -0.15) is 18.2 Å². The molecule has 114 valence electrons. The van der Waals surface area contributed by atoms with Gasteiger partial charge in [-0.1, -0.05) is 5.16 Å². The highest BCUT2D eigenvalue weighted by atomic mass is 19.4. The molecule has 0 aliphatic carbocycles. The molecule has 1 aromatic heterocycles. The van der Waals surface area contributed by atoms with Crippen LogP contribution in [0.5, 0.6) is 0 Å². The summed E-state index contributed by atoms with van der Waals surface area (Å²) in [6.07, 6.45) is -4.36. The summed E-state index contributed by atoms with van der Waals surface area (Å²) >= 11 is 0. The summed E-state index contributed by atoms with van der Waals surface area (Å²) in [5, 5.41) is 13.4. The second-order valence-electron chi connectivity index (χ2n) is 4.50. The highest BCUT2D eigenvalue weighted by Crippen LogP contribution is 2.24. The van der Waals surface area contributed by atoms with Crippen LogP contribution in [-0.4, -0.2) is 54.0 Å². The minimum Gasteiger partial charge on any atom is -0.392 e. The Kier molecular flexibility index (Phi) is 4.95. The predicted molar refractivity (Wildman–Crippen MR) is 59.1 cm³/mol. The molecule has 0 radical (unpaired) electrons. The minimum atomic E-state index is -4.34. The third-order valence-electron chi connectivity index (χ3n) is 2.86. The molecule has 1 aliphatic heterocycles. The number of halogens is 3. The van der Waals surface area contributed by atoms with Crippen LogP contribution in [0.2, 0.25) is 0 Å². The Morgan fingerprint density at radius 1 is 1.40 bits per heavy atom. The third-order valence-corrected chi connectivity index (χ3v) is 2.86. The van der Waals surface area contributed by atoms with Crippen LogP contribution >= 0.6 is 0 Å². The van der Waals surface area contributed by atoms with E-state index < -0.39 is 18.9 Å². The Balaban J connectivity index is 1.80. The van der Waals surface area contributed by atoms with E-state index in [0.717, 1.165) is 0 Å². The van der Waals surface area contributed by atoms with Crippen molar-refractivity contribution in [3.63, 3.8) is 0 Å². The average molecular weight is 296 g/mol. The second-order valence-corrected chi connectivity index (χ2v) is 4.50. The van der Waals surface area contributed by atoms with E-state index in [9.17, 15) is 18.3 Å². The molecule has 1 aromatic rings. The van der Waals surface area contributed by atoms with E-state index in [0.29, 0.717) is 13.0 Å². The maximum absolute atomic E-state index is 11.9. The fraction of sp³-hybridized carbons (Fsp3) is 0.818. The lowest BCUT2D eigenvalue weighted by Crippen LogP contribution is -2.30. The molecule has 0 bridgehead atoms. The van der Waals surface area contributed by atoms with Crippen molar-refractivity contribution in [2.24, 2.45) is 0 Å². The van der Waals surface area contributed by atoms with Crippen molar-refractivity contribution >= 4 is 0 Å². The first-order chi connectivity index (χ1) is 9.46. The number of rotatable bonds is 5. The normalized spacial score (nSPS) is 24.0. The topological polar surface area (TPSA) is 77.6 Å². The molecule has 1 fully saturated rings. The highest BCUT2D eigenvalue weighted by molar-refractivity contribution is 4.99. The van der Waals surface area contributed by atoms with Gasteiger partial charge in [0.15, 0.2) is 5.82 Å². The molecule has 6 nitrogen and oxygen atoms in total. The van der Waals surface area contributed by atoms with E-state index >= 15 is 0 Å². The molecule has 1 saturated heterocycles.